The summed E-state index contributed by atoms with van der Waals surface area (Å²) in [5, 5.41) is 0. The van der Waals surface area contributed by atoms with E-state index < -0.39 is 0 Å². The van der Waals surface area contributed by atoms with Gasteiger partial charge in [0.25, 0.3) is 0 Å². The first kappa shape index (κ1) is 12.6. The second-order valence-electron chi connectivity index (χ2n) is 4.15. The fourth-order valence-corrected chi connectivity index (χ4v) is 1.71. The van der Waals surface area contributed by atoms with E-state index in [1.54, 1.807) is 12.1 Å². The first-order valence-electron chi connectivity index (χ1n) is 5.98. The highest BCUT2D eigenvalue weighted by Gasteiger charge is 2.05. The van der Waals surface area contributed by atoms with E-state index in [2.05, 4.69) is 0 Å². The molecule has 18 heavy (non-hydrogen) atoms. The Hall–Kier alpha value is -1.87. The molecule has 0 radical (unpaired) electrons. The van der Waals surface area contributed by atoms with Crippen molar-refractivity contribution in [2.24, 2.45) is 5.73 Å². The zero-order valence-electron chi connectivity index (χ0n) is 10.3. The number of benzene rings is 2. The van der Waals surface area contributed by atoms with E-state index in [0.717, 1.165) is 12.0 Å². The van der Waals surface area contributed by atoms with Crippen LogP contribution in [0, 0.1) is 5.82 Å². The summed E-state index contributed by atoms with van der Waals surface area (Å²) in [4.78, 5) is 0. The fourth-order valence-electron chi connectivity index (χ4n) is 1.71. The van der Waals surface area contributed by atoms with Gasteiger partial charge in [0.05, 0.1) is 0 Å². The topological polar surface area (TPSA) is 35.2 Å². The van der Waals surface area contributed by atoms with Crippen LogP contribution in [0.3, 0.4) is 0 Å². The predicted molar refractivity (Wildman–Crippen MR) is 70.1 cm³/mol. The lowest BCUT2D eigenvalue weighted by Crippen LogP contribution is -2.08. The van der Waals surface area contributed by atoms with Crippen LogP contribution in [0.15, 0.2) is 48.5 Å². The van der Waals surface area contributed by atoms with Gasteiger partial charge in [-0.15, -0.1) is 0 Å². The van der Waals surface area contributed by atoms with Crippen molar-refractivity contribution in [1.82, 2.24) is 0 Å². The van der Waals surface area contributed by atoms with Crippen molar-refractivity contribution < 1.29 is 9.13 Å². The van der Waals surface area contributed by atoms with Crippen molar-refractivity contribution in [3.63, 3.8) is 0 Å². The maximum atomic E-state index is 13.0. The minimum Gasteiger partial charge on any atom is -0.457 e. The smallest absolute Gasteiger partial charge is 0.130 e. The van der Waals surface area contributed by atoms with Crippen LogP contribution in [0.2, 0.25) is 0 Å². The zero-order chi connectivity index (χ0) is 13.0. The van der Waals surface area contributed by atoms with E-state index >= 15 is 0 Å². The summed E-state index contributed by atoms with van der Waals surface area (Å²) in [6.07, 6.45) is 0.865. The number of hydrogen-bond acceptors (Lipinski definition) is 2. The van der Waals surface area contributed by atoms with Crippen LogP contribution in [-0.2, 0) is 0 Å². The first-order chi connectivity index (χ1) is 8.69. The molecule has 2 N–H and O–H groups in total. The molecule has 2 nitrogen and oxygen atoms in total. The Labute approximate surface area is 106 Å². The molecule has 1 atom stereocenters. The second kappa shape index (κ2) is 5.65. The van der Waals surface area contributed by atoms with E-state index in [1.807, 2.05) is 31.2 Å². The van der Waals surface area contributed by atoms with E-state index in [1.165, 1.54) is 12.1 Å². The van der Waals surface area contributed by atoms with Gasteiger partial charge in [-0.1, -0.05) is 25.1 Å². The van der Waals surface area contributed by atoms with E-state index in [9.17, 15) is 4.39 Å². The molecular formula is C15H16FNO. The van der Waals surface area contributed by atoms with Gasteiger partial charge >= 0.3 is 0 Å². The van der Waals surface area contributed by atoms with Crippen molar-refractivity contribution >= 4 is 0 Å². The minimum absolute atomic E-state index is 0.000981. The average Bonchev–Trinajstić information content (AvgIpc) is 2.38. The summed E-state index contributed by atoms with van der Waals surface area (Å²) >= 11 is 0. The number of hydrogen-bond donors (Lipinski definition) is 1. The molecule has 2 aromatic rings. The molecular weight excluding hydrogens is 229 g/mol. The van der Waals surface area contributed by atoms with Crippen molar-refractivity contribution in [2.45, 2.75) is 19.4 Å². The molecule has 0 aliphatic heterocycles. The third-order valence-electron chi connectivity index (χ3n) is 2.76. The lowest BCUT2D eigenvalue weighted by atomic mass is 10.1. The molecule has 3 heteroatoms. The van der Waals surface area contributed by atoms with Crippen LogP contribution in [-0.4, -0.2) is 0 Å². The molecule has 0 aromatic heterocycles. The van der Waals surface area contributed by atoms with Crippen LogP contribution >= 0.6 is 0 Å². The van der Waals surface area contributed by atoms with Gasteiger partial charge in [0.15, 0.2) is 0 Å². The first-order valence-corrected chi connectivity index (χ1v) is 5.98. The summed E-state index contributed by atoms with van der Waals surface area (Å²) < 4.78 is 18.6. The van der Waals surface area contributed by atoms with Gasteiger partial charge in [0, 0.05) is 12.1 Å². The van der Waals surface area contributed by atoms with E-state index in [4.69, 9.17) is 10.5 Å². The summed E-state index contributed by atoms with van der Waals surface area (Å²) in [7, 11) is 0. The lowest BCUT2D eigenvalue weighted by molar-refractivity contribution is 0.475. The monoisotopic (exact) mass is 245 g/mol. The Bertz CT molecular complexity index is 527. The maximum Gasteiger partial charge on any atom is 0.130 e. The molecule has 94 valence electrons. The summed E-state index contributed by atoms with van der Waals surface area (Å²) in [6.45, 7) is 2.03. The predicted octanol–water partition coefficient (Wildman–Crippen LogP) is 4.03. The highest BCUT2D eigenvalue weighted by molar-refractivity contribution is 5.35. The van der Waals surface area contributed by atoms with E-state index in [0.29, 0.717) is 11.5 Å². The van der Waals surface area contributed by atoms with Crippen LogP contribution < -0.4 is 10.5 Å². The number of ether oxygens (including phenoxy) is 1. The van der Waals surface area contributed by atoms with Gasteiger partial charge in [0.2, 0.25) is 0 Å². The molecule has 0 saturated carbocycles. The normalized spacial score (nSPS) is 12.2. The molecule has 0 aliphatic carbocycles. The molecule has 0 aliphatic rings. The standard InChI is InChI=1S/C15H16FNO/c1-2-15(17)11-5-3-7-13(9-11)18-14-8-4-6-12(16)10-14/h3-10,15H,2,17H2,1H3. The van der Waals surface area contributed by atoms with Crippen molar-refractivity contribution in [1.29, 1.82) is 0 Å². The average molecular weight is 245 g/mol. The molecule has 0 amide bonds. The molecule has 2 rings (SSSR count). The second-order valence-corrected chi connectivity index (χ2v) is 4.15. The number of halogens is 1. The van der Waals surface area contributed by atoms with Crippen molar-refractivity contribution in [3.8, 4) is 11.5 Å². The van der Waals surface area contributed by atoms with Crippen molar-refractivity contribution in [2.75, 3.05) is 0 Å². The van der Waals surface area contributed by atoms with Gasteiger partial charge in [-0.2, -0.15) is 0 Å². The number of nitrogens with two attached hydrogens (primary N) is 1. The van der Waals surface area contributed by atoms with Crippen molar-refractivity contribution in [3.05, 3.63) is 59.9 Å². The van der Waals surface area contributed by atoms with Gasteiger partial charge < -0.3 is 10.5 Å². The Morgan fingerprint density at radius 2 is 1.78 bits per heavy atom. The fraction of sp³-hybridized carbons (Fsp3) is 0.200. The molecule has 0 fully saturated rings. The maximum absolute atomic E-state index is 13.0. The Morgan fingerprint density at radius 3 is 2.44 bits per heavy atom. The summed E-state index contributed by atoms with van der Waals surface area (Å²) in [5.74, 6) is 0.841. The number of rotatable bonds is 4. The summed E-state index contributed by atoms with van der Waals surface area (Å²) in [5.41, 5.74) is 6.98. The third kappa shape index (κ3) is 3.08. The third-order valence-corrected chi connectivity index (χ3v) is 2.76. The van der Waals surface area contributed by atoms with Gasteiger partial charge in [0.1, 0.15) is 17.3 Å². The van der Waals surface area contributed by atoms with Crippen LogP contribution in [0.4, 0.5) is 4.39 Å². The highest BCUT2D eigenvalue weighted by Crippen LogP contribution is 2.25. The molecule has 0 bridgehead atoms. The SMILES string of the molecule is CCC(N)c1cccc(Oc2cccc(F)c2)c1. The molecule has 0 spiro atoms. The van der Waals surface area contributed by atoms with Gasteiger partial charge in [-0.3, -0.25) is 0 Å². The zero-order valence-corrected chi connectivity index (χ0v) is 10.3. The van der Waals surface area contributed by atoms with Crippen LogP contribution in [0.25, 0.3) is 0 Å². The quantitative estimate of drug-likeness (QED) is 0.882. The van der Waals surface area contributed by atoms with Gasteiger partial charge in [-0.05, 0) is 36.2 Å². The van der Waals surface area contributed by atoms with Crippen LogP contribution in [0.5, 0.6) is 11.5 Å². The highest BCUT2D eigenvalue weighted by atomic mass is 19.1. The molecule has 1 unspecified atom stereocenters. The Balaban J connectivity index is 2.19. The molecule has 0 heterocycles. The molecule has 0 saturated heterocycles. The minimum atomic E-state index is -0.311. The Kier molecular flexibility index (Phi) is 3.95. The molecule has 2 aromatic carbocycles. The van der Waals surface area contributed by atoms with Crippen LogP contribution in [0.1, 0.15) is 24.9 Å². The Morgan fingerprint density at radius 1 is 1.11 bits per heavy atom. The largest absolute Gasteiger partial charge is 0.457 e. The van der Waals surface area contributed by atoms with E-state index in [-0.39, 0.29) is 11.9 Å². The lowest BCUT2D eigenvalue weighted by Gasteiger charge is -2.11. The summed E-state index contributed by atoms with van der Waals surface area (Å²) in [6, 6.07) is 13.6. The van der Waals surface area contributed by atoms with Gasteiger partial charge in [-0.25, -0.2) is 4.39 Å².